The van der Waals surface area contributed by atoms with E-state index in [1.807, 2.05) is 19.9 Å². The minimum atomic E-state index is -2.45. The van der Waals surface area contributed by atoms with E-state index >= 15 is 0 Å². The fourth-order valence-electron chi connectivity index (χ4n) is 1.73. The Bertz CT molecular complexity index is 355. The molecule has 0 bridgehead atoms. The van der Waals surface area contributed by atoms with Crippen LogP contribution in [0, 0.1) is 6.92 Å². The van der Waals surface area contributed by atoms with Crippen molar-refractivity contribution < 1.29 is 13.5 Å². The van der Waals surface area contributed by atoms with Crippen LogP contribution >= 0.6 is 0 Å². The van der Waals surface area contributed by atoms with E-state index < -0.39 is 12.5 Å². The van der Waals surface area contributed by atoms with Crippen LogP contribution in [0.1, 0.15) is 30.5 Å². The Morgan fingerprint density at radius 2 is 2.06 bits per heavy atom. The van der Waals surface area contributed by atoms with Crippen molar-refractivity contribution in [1.82, 2.24) is 5.32 Å². The monoisotopic (exact) mass is 243 g/mol. The fourth-order valence-corrected chi connectivity index (χ4v) is 1.73. The first kappa shape index (κ1) is 13.9. The molecule has 17 heavy (non-hydrogen) atoms. The van der Waals surface area contributed by atoms with Crippen molar-refractivity contribution in [3.8, 4) is 5.75 Å². The zero-order valence-corrected chi connectivity index (χ0v) is 10.5. The molecule has 0 heterocycles. The van der Waals surface area contributed by atoms with Gasteiger partial charge in [0, 0.05) is 5.56 Å². The summed E-state index contributed by atoms with van der Waals surface area (Å²) < 4.78 is 31.2. The zero-order chi connectivity index (χ0) is 12.8. The minimum absolute atomic E-state index is 0.504. The van der Waals surface area contributed by atoms with E-state index in [0.717, 1.165) is 12.0 Å². The largest absolute Gasteiger partial charge is 0.496 e. The summed E-state index contributed by atoms with van der Waals surface area (Å²) in [5, 5.41) is 2.86. The number of halogens is 2. The summed E-state index contributed by atoms with van der Waals surface area (Å²) >= 11 is 0. The third-order valence-corrected chi connectivity index (χ3v) is 2.59. The third kappa shape index (κ3) is 3.66. The second-order valence-electron chi connectivity index (χ2n) is 4.01. The Hall–Kier alpha value is -1.16. The van der Waals surface area contributed by atoms with Gasteiger partial charge in [-0.05, 0) is 26.0 Å². The standard InChI is InChI=1S/C13H19F2NO/c1-4-7-16-12(13(14)15)10-8-9(2)5-6-11(10)17-3/h5-6,8,12-13,16H,4,7H2,1-3H3. The SMILES string of the molecule is CCCNC(c1cc(C)ccc1OC)C(F)F. The lowest BCUT2D eigenvalue weighted by Gasteiger charge is -2.20. The third-order valence-electron chi connectivity index (χ3n) is 2.59. The van der Waals surface area contributed by atoms with Gasteiger partial charge in [0.25, 0.3) is 6.43 Å². The van der Waals surface area contributed by atoms with E-state index in [9.17, 15) is 8.78 Å². The zero-order valence-electron chi connectivity index (χ0n) is 10.5. The average molecular weight is 243 g/mol. The molecule has 1 N–H and O–H groups in total. The van der Waals surface area contributed by atoms with Gasteiger partial charge in [0.1, 0.15) is 5.75 Å². The van der Waals surface area contributed by atoms with Crippen molar-refractivity contribution in [2.45, 2.75) is 32.7 Å². The molecule has 1 aromatic rings. The molecule has 1 aromatic carbocycles. The topological polar surface area (TPSA) is 21.3 Å². The fraction of sp³-hybridized carbons (Fsp3) is 0.538. The molecule has 0 aromatic heterocycles. The Morgan fingerprint density at radius 3 is 2.59 bits per heavy atom. The molecule has 0 radical (unpaired) electrons. The van der Waals surface area contributed by atoms with Crippen molar-refractivity contribution in [3.63, 3.8) is 0 Å². The molecular formula is C13H19F2NO. The highest BCUT2D eigenvalue weighted by atomic mass is 19.3. The summed E-state index contributed by atoms with van der Waals surface area (Å²) in [6.07, 6.45) is -1.63. The molecule has 4 heteroatoms. The van der Waals surface area contributed by atoms with Crippen LogP contribution in [0.25, 0.3) is 0 Å². The molecule has 0 spiro atoms. The Balaban J connectivity index is 3.02. The number of rotatable bonds is 6. The van der Waals surface area contributed by atoms with E-state index in [2.05, 4.69) is 5.32 Å². The number of benzene rings is 1. The lowest BCUT2D eigenvalue weighted by atomic mass is 10.0. The first-order valence-corrected chi connectivity index (χ1v) is 5.76. The van der Waals surface area contributed by atoms with E-state index in [1.54, 1.807) is 12.1 Å². The van der Waals surface area contributed by atoms with E-state index in [1.165, 1.54) is 7.11 Å². The highest BCUT2D eigenvalue weighted by Crippen LogP contribution is 2.30. The number of hydrogen-bond donors (Lipinski definition) is 1. The molecule has 0 saturated carbocycles. The van der Waals surface area contributed by atoms with Gasteiger partial charge in [-0.3, -0.25) is 0 Å². The maximum Gasteiger partial charge on any atom is 0.257 e. The van der Waals surface area contributed by atoms with E-state index in [4.69, 9.17) is 4.74 Å². The van der Waals surface area contributed by atoms with Crippen molar-refractivity contribution in [2.75, 3.05) is 13.7 Å². The normalized spacial score (nSPS) is 12.8. The van der Waals surface area contributed by atoms with Crippen molar-refractivity contribution >= 4 is 0 Å². The van der Waals surface area contributed by atoms with Gasteiger partial charge < -0.3 is 10.1 Å². The van der Waals surface area contributed by atoms with Gasteiger partial charge in [-0.1, -0.05) is 24.6 Å². The number of ether oxygens (including phenoxy) is 1. The van der Waals surface area contributed by atoms with Crippen LogP contribution in [-0.2, 0) is 0 Å². The van der Waals surface area contributed by atoms with Gasteiger partial charge in [-0.2, -0.15) is 0 Å². The number of aryl methyl sites for hydroxylation is 1. The number of methoxy groups -OCH3 is 1. The molecule has 1 atom stereocenters. The quantitative estimate of drug-likeness (QED) is 0.827. The smallest absolute Gasteiger partial charge is 0.257 e. The van der Waals surface area contributed by atoms with Crippen LogP contribution in [0.4, 0.5) is 8.78 Å². The number of hydrogen-bond acceptors (Lipinski definition) is 2. The van der Waals surface area contributed by atoms with Gasteiger partial charge in [0.05, 0.1) is 13.2 Å². The van der Waals surface area contributed by atoms with Crippen LogP contribution in [0.2, 0.25) is 0 Å². The predicted octanol–water partition coefficient (Wildman–Crippen LogP) is 3.31. The summed E-state index contributed by atoms with van der Waals surface area (Å²) in [4.78, 5) is 0. The van der Waals surface area contributed by atoms with Gasteiger partial charge >= 0.3 is 0 Å². The first-order valence-electron chi connectivity index (χ1n) is 5.76. The highest BCUT2D eigenvalue weighted by Gasteiger charge is 2.24. The molecular weight excluding hydrogens is 224 g/mol. The van der Waals surface area contributed by atoms with Gasteiger partial charge in [-0.25, -0.2) is 8.78 Å². The number of alkyl halides is 2. The molecule has 0 saturated heterocycles. The molecule has 1 unspecified atom stereocenters. The number of nitrogens with one attached hydrogen (secondary N) is 1. The summed E-state index contributed by atoms with van der Waals surface area (Å²) in [5.74, 6) is 0.504. The van der Waals surface area contributed by atoms with E-state index in [0.29, 0.717) is 17.9 Å². The molecule has 0 aliphatic carbocycles. The second-order valence-corrected chi connectivity index (χ2v) is 4.01. The minimum Gasteiger partial charge on any atom is -0.496 e. The lowest BCUT2D eigenvalue weighted by Crippen LogP contribution is -2.28. The summed E-state index contributed by atoms with van der Waals surface area (Å²) in [6.45, 7) is 4.39. The molecule has 2 nitrogen and oxygen atoms in total. The molecule has 1 rings (SSSR count). The summed E-state index contributed by atoms with van der Waals surface area (Å²) in [7, 11) is 1.50. The second kappa shape index (κ2) is 6.55. The van der Waals surface area contributed by atoms with Crippen molar-refractivity contribution in [2.24, 2.45) is 0 Å². The maximum absolute atomic E-state index is 13.0. The highest BCUT2D eigenvalue weighted by molar-refractivity contribution is 5.39. The first-order chi connectivity index (χ1) is 8.10. The van der Waals surface area contributed by atoms with Gasteiger partial charge in [-0.15, -0.1) is 0 Å². The molecule has 0 aliphatic heterocycles. The van der Waals surface area contributed by atoms with E-state index in [-0.39, 0.29) is 0 Å². The maximum atomic E-state index is 13.0. The summed E-state index contributed by atoms with van der Waals surface area (Å²) in [5.41, 5.74) is 1.47. The Kier molecular flexibility index (Phi) is 5.35. The van der Waals surface area contributed by atoms with Crippen LogP contribution in [-0.4, -0.2) is 20.1 Å². The Labute approximate surface area is 101 Å². The molecule has 0 aliphatic rings. The van der Waals surface area contributed by atoms with Crippen LogP contribution in [0.5, 0.6) is 5.75 Å². The van der Waals surface area contributed by atoms with Gasteiger partial charge in [0.15, 0.2) is 0 Å². The molecule has 96 valence electrons. The average Bonchev–Trinajstić information content (AvgIpc) is 2.29. The van der Waals surface area contributed by atoms with Crippen molar-refractivity contribution in [3.05, 3.63) is 29.3 Å². The van der Waals surface area contributed by atoms with Gasteiger partial charge in [0.2, 0.25) is 0 Å². The van der Waals surface area contributed by atoms with Crippen molar-refractivity contribution in [1.29, 1.82) is 0 Å². The van der Waals surface area contributed by atoms with Crippen LogP contribution < -0.4 is 10.1 Å². The predicted molar refractivity (Wildman–Crippen MR) is 64.8 cm³/mol. The Morgan fingerprint density at radius 1 is 1.35 bits per heavy atom. The molecule has 0 amide bonds. The summed E-state index contributed by atoms with van der Waals surface area (Å²) in [6, 6.07) is 4.36. The lowest BCUT2D eigenvalue weighted by molar-refractivity contribution is 0.0971. The van der Waals surface area contributed by atoms with Crippen LogP contribution in [0.3, 0.4) is 0 Å². The molecule has 0 fully saturated rings. The van der Waals surface area contributed by atoms with Crippen LogP contribution in [0.15, 0.2) is 18.2 Å².